The smallest absolute Gasteiger partial charge is 0.273 e. The van der Waals surface area contributed by atoms with Gasteiger partial charge in [-0.2, -0.15) is 0 Å². The molecule has 1 N–H and O–H groups in total. The maximum atomic E-state index is 10.8. The van der Waals surface area contributed by atoms with E-state index in [0.29, 0.717) is 10.0 Å². The molecule has 0 radical (unpaired) electrons. The number of hydrogen-bond acceptors (Lipinski definition) is 5. The Morgan fingerprint density at radius 1 is 1.45 bits per heavy atom. The molecule has 0 saturated heterocycles. The van der Waals surface area contributed by atoms with E-state index >= 15 is 0 Å². The Balaban J connectivity index is 2.03. The van der Waals surface area contributed by atoms with Crippen molar-refractivity contribution in [3.05, 3.63) is 48.4 Å². The Labute approximate surface area is 129 Å². The van der Waals surface area contributed by atoms with Crippen molar-refractivity contribution in [3.63, 3.8) is 0 Å². The second-order valence-electron chi connectivity index (χ2n) is 4.44. The largest absolute Gasteiger partial charge is 0.384 e. The fourth-order valence-electron chi connectivity index (χ4n) is 1.82. The van der Waals surface area contributed by atoms with Gasteiger partial charge in [-0.05, 0) is 35.8 Å². The summed E-state index contributed by atoms with van der Waals surface area (Å²) in [6.45, 7) is 4.45. The van der Waals surface area contributed by atoms with E-state index in [1.54, 1.807) is 24.3 Å². The second-order valence-corrected chi connectivity index (χ2v) is 6.23. The zero-order valence-corrected chi connectivity index (χ0v) is 13.5. The van der Waals surface area contributed by atoms with E-state index in [1.807, 2.05) is 12.3 Å². The highest BCUT2D eigenvalue weighted by Crippen LogP contribution is 2.30. The zero-order chi connectivity index (χ0) is 14.7. The molecular weight excluding hydrogens is 342 g/mol. The number of aromatic nitrogens is 1. The normalized spacial score (nSPS) is 10.6. The van der Waals surface area contributed by atoms with Gasteiger partial charge < -0.3 is 5.32 Å². The molecule has 2 aromatic rings. The number of hydrogen-bond donors (Lipinski definition) is 1. The van der Waals surface area contributed by atoms with Gasteiger partial charge in [0.1, 0.15) is 0 Å². The molecule has 1 aromatic carbocycles. The Hall–Kier alpha value is -1.47. The van der Waals surface area contributed by atoms with Crippen LogP contribution < -0.4 is 5.32 Å². The number of nitro groups is 1. The summed E-state index contributed by atoms with van der Waals surface area (Å²) in [5.41, 5.74) is 2.67. The third-order valence-electron chi connectivity index (χ3n) is 2.80. The average molecular weight is 356 g/mol. The predicted molar refractivity (Wildman–Crippen MR) is 84.6 cm³/mol. The SMILES string of the molecule is Cc1csc(CCNc2cc(C)c([N+](=O)[O-])cc2Br)n1. The lowest BCUT2D eigenvalue weighted by Crippen LogP contribution is -2.06. The van der Waals surface area contributed by atoms with Gasteiger partial charge in [0.15, 0.2) is 0 Å². The van der Waals surface area contributed by atoms with Gasteiger partial charge in [-0.1, -0.05) is 0 Å². The van der Waals surface area contributed by atoms with Crippen molar-refractivity contribution in [2.75, 3.05) is 11.9 Å². The molecular formula is C13H14BrN3O2S. The number of benzene rings is 1. The maximum Gasteiger partial charge on any atom is 0.273 e. The lowest BCUT2D eigenvalue weighted by atomic mass is 10.2. The molecule has 1 heterocycles. The van der Waals surface area contributed by atoms with E-state index in [0.717, 1.165) is 29.4 Å². The molecule has 0 aliphatic heterocycles. The predicted octanol–water partition coefficient (Wildman–Crippen LogP) is 4.09. The zero-order valence-electron chi connectivity index (χ0n) is 11.1. The number of anilines is 1. The first-order valence-electron chi connectivity index (χ1n) is 6.07. The van der Waals surface area contributed by atoms with Gasteiger partial charge in [-0.3, -0.25) is 10.1 Å². The lowest BCUT2D eigenvalue weighted by molar-refractivity contribution is -0.385. The number of nitro benzene ring substituents is 1. The number of rotatable bonds is 5. The molecule has 0 aliphatic carbocycles. The van der Waals surface area contributed by atoms with Crippen LogP contribution in [0.3, 0.4) is 0 Å². The van der Waals surface area contributed by atoms with E-state index in [2.05, 4.69) is 26.2 Å². The summed E-state index contributed by atoms with van der Waals surface area (Å²) in [6, 6.07) is 3.32. The van der Waals surface area contributed by atoms with Crippen LogP contribution in [0.25, 0.3) is 0 Å². The third kappa shape index (κ3) is 3.55. The molecule has 0 spiro atoms. The van der Waals surface area contributed by atoms with Crippen LogP contribution in [0, 0.1) is 24.0 Å². The minimum Gasteiger partial charge on any atom is -0.384 e. The Bertz CT molecular complexity index is 643. The molecule has 0 unspecified atom stereocenters. The number of nitrogens with zero attached hydrogens (tertiary/aromatic N) is 2. The standard InChI is InChI=1S/C13H14BrN3O2S/c1-8-5-11(10(14)6-12(8)17(18)19)15-4-3-13-16-9(2)7-20-13/h5-7,15H,3-4H2,1-2H3. The summed E-state index contributed by atoms with van der Waals surface area (Å²) in [4.78, 5) is 14.9. The molecule has 0 saturated carbocycles. The molecule has 2 rings (SSSR count). The molecule has 20 heavy (non-hydrogen) atoms. The van der Waals surface area contributed by atoms with Crippen molar-refractivity contribution < 1.29 is 4.92 Å². The van der Waals surface area contributed by atoms with Gasteiger partial charge in [0.25, 0.3) is 5.69 Å². The molecule has 0 fully saturated rings. The Kier molecular flexibility index (Phi) is 4.72. The van der Waals surface area contributed by atoms with Gasteiger partial charge >= 0.3 is 0 Å². The van der Waals surface area contributed by atoms with Crippen molar-refractivity contribution in [3.8, 4) is 0 Å². The van der Waals surface area contributed by atoms with E-state index in [-0.39, 0.29) is 10.6 Å². The number of halogens is 1. The summed E-state index contributed by atoms with van der Waals surface area (Å²) in [5.74, 6) is 0. The fourth-order valence-corrected chi connectivity index (χ4v) is 3.07. The Morgan fingerprint density at radius 2 is 2.20 bits per heavy atom. The van der Waals surface area contributed by atoms with Crippen molar-refractivity contribution in [1.29, 1.82) is 0 Å². The van der Waals surface area contributed by atoms with Crippen molar-refractivity contribution in [2.24, 2.45) is 0 Å². The van der Waals surface area contributed by atoms with Crippen LogP contribution in [0.4, 0.5) is 11.4 Å². The maximum absolute atomic E-state index is 10.8. The third-order valence-corrected chi connectivity index (χ3v) is 4.49. The average Bonchev–Trinajstić information content (AvgIpc) is 2.78. The van der Waals surface area contributed by atoms with Gasteiger partial charge in [-0.25, -0.2) is 4.98 Å². The molecule has 0 atom stereocenters. The van der Waals surface area contributed by atoms with Crippen LogP contribution in [0.5, 0.6) is 0 Å². The number of thiazole rings is 1. The van der Waals surface area contributed by atoms with E-state index < -0.39 is 0 Å². The minimum atomic E-state index is -0.373. The monoisotopic (exact) mass is 355 g/mol. The van der Waals surface area contributed by atoms with Crippen LogP contribution in [0.15, 0.2) is 22.0 Å². The van der Waals surface area contributed by atoms with Crippen molar-refractivity contribution in [2.45, 2.75) is 20.3 Å². The van der Waals surface area contributed by atoms with Crippen LogP contribution in [0.2, 0.25) is 0 Å². The van der Waals surface area contributed by atoms with Crippen molar-refractivity contribution >= 4 is 38.6 Å². The first-order valence-corrected chi connectivity index (χ1v) is 7.74. The fraction of sp³-hybridized carbons (Fsp3) is 0.308. The van der Waals surface area contributed by atoms with Crippen LogP contribution in [-0.4, -0.2) is 16.5 Å². The number of aryl methyl sites for hydroxylation is 2. The van der Waals surface area contributed by atoms with Crippen LogP contribution in [0.1, 0.15) is 16.3 Å². The highest BCUT2D eigenvalue weighted by Gasteiger charge is 2.13. The molecule has 5 nitrogen and oxygen atoms in total. The highest BCUT2D eigenvalue weighted by molar-refractivity contribution is 9.10. The summed E-state index contributed by atoms with van der Waals surface area (Å²) >= 11 is 5.01. The molecule has 0 amide bonds. The summed E-state index contributed by atoms with van der Waals surface area (Å²) in [6.07, 6.45) is 0.834. The van der Waals surface area contributed by atoms with Gasteiger partial charge in [0.05, 0.1) is 9.93 Å². The molecule has 106 valence electrons. The van der Waals surface area contributed by atoms with E-state index in [4.69, 9.17) is 0 Å². The van der Waals surface area contributed by atoms with Gasteiger partial charge in [0.2, 0.25) is 0 Å². The summed E-state index contributed by atoms with van der Waals surface area (Å²) in [7, 11) is 0. The molecule has 1 aromatic heterocycles. The van der Waals surface area contributed by atoms with Crippen LogP contribution in [-0.2, 0) is 6.42 Å². The minimum absolute atomic E-state index is 0.123. The topological polar surface area (TPSA) is 68.1 Å². The number of nitrogens with one attached hydrogen (secondary N) is 1. The highest BCUT2D eigenvalue weighted by atomic mass is 79.9. The Morgan fingerprint density at radius 3 is 2.80 bits per heavy atom. The lowest BCUT2D eigenvalue weighted by Gasteiger charge is -2.09. The first-order chi connectivity index (χ1) is 9.47. The van der Waals surface area contributed by atoms with E-state index in [9.17, 15) is 10.1 Å². The summed E-state index contributed by atoms with van der Waals surface area (Å²) < 4.78 is 0.699. The molecule has 0 aliphatic rings. The van der Waals surface area contributed by atoms with Crippen LogP contribution >= 0.6 is 27.3 Å². The first kappa shape index (κ1) is 14.9. The molecule has 0 bridgehead atoms. The molecule has 7 heteroatoms. The van der Waals surface area contributed by atoms with Gasteiger partial charge in [0, 0.05) is 45.8 Å². The van der Waals surface area contributed by atoms with E-state index in [1.165, 1.54) is 6.07 Å². The second kappa shape index (κ2) is 6.32. The van der Waals surface area contributed by atoms with Gasteiger partial charge in [-0.15, -0.1) is 11.3 Å². The summed E-state index contributed by atoms with van der Waals surface area (Å²) in [5, 5.41) is 17.2. The quantitative estimate of drug-likeness (QED) is 0.647. The van der Waals surface area contributed by atoms with Crippen molar-refractivity contribution in [1.82, 2.24) is 4.98 Å².